The summed E-state index contributed by atoms with van der Waals surface area (Å²) in [6.07, 6.45) is 9.60. The van der Waals surface area contributed by atoms with E-state index in [0.29, 0.717) is 39.7 Å². The number of pyridine rings is 1. The van der Waals surface area contributed by atoms with Crippen LogP contribution in [0.2, 0.25) is 0 Å². The van der Waals surface area contributed by atoms with Crippen molar-refractivity contribution in [2.45, 2.75) is 0 Å². The van der Waals surface area contributed by atoms with E-state index in [1.807, 2.05) is 23.6 Å². The molecule has 0 aliphatic heterocycles. The first kappa shape index (κ1) is 17.2. The zero-order chi connectivity index (χ0) is 19.6. The van der Waals surface area contributed by atoms with Crippen LogP contribution in [0.4, 0.5) is 0 Å². The van der Waals surface area contributed by atoms with E-state index in [4.69, 9.17) is 4.42 Å². The van der Waals surface area contributed by atoms with E-state index >= 15 is 0 Å². The van der Waals surface area contributed by atoms with Crippen LogP contribution in [0.3, 0.4) is 0 Å². The molecule has 0 saturated carbocycles. The Labute approximate surface area is 168 Å². The topological polar surface area (TPSA) is 97.6 Å². The summed E-state index contributed by atoms with van der Waals surface area (Å²) >= 11 is 1.52. The minimum absolute atomic E-state index is 0.310. The number of H-pyrrole nitrogens is 1. The molecule has 5 rings (SSSR count). The van der Waals surface area contributed by atoms with Gasteiger partial charge in [0, 0.05) is 35.2 Å². The fourth-order valence-electron chi connectivity index (χ4n) is 3.20. The molecule has 0 aliphatic carbocycles. The van der Waals surface area contributed by atoms with Crippen molar-refractivity contribution in [1.82, 2.24) is 24.9 Å². The predicted molar refractivity (Wildman–Crippen MR) is 110 cm³/mol. The summed E-state index contributed by atoms with van der Waals surface area (Å²) in [4.78, 5) is 34.3. The number of thiophene rings is 1. The monoisotopic (exact) mass is 399 g/mol. The fourth-order valence-corrected chi connectivity index (χ4v) is 3.98. The van der Waals surface area contributed by atoms with Crippen LogP contribution in [0.1, 0.15) is 0 Å². The minimum Gasteiger partial charge on any atom is -0.464 e. The molecule has 0 aromatic carbocycles. The fraction of sp³-hybridized carbons (Fsp3) is 0. The molecule has 0 atom stereocenters. The maximum absolute atomic E-state index is 13.2. The van der Waals surface area contributed by atoms with Crippen LogP contribution >= 0.6 is 11.3 Å². The van der Waals surface area contributed by atoms with Gasteiger partial charge < -0.3 is 9.40 Å². The third-order valence-electron chi connectivity index (χ3n) is 4.36. The van der Waals surface area contributed by atoms with Gasteiger partial charge in [0.25, 0.3) is 5.56 Å². The van der Waals surface area contributed by atoms with E-state index in [9.17, 15) is 4.79 Å². The molecule has 1 N–H and O–H groups in total. The van der Waals surface area contributed by atoms with Gasteiger partial charge >= 0.3 is 0 Å². The van der Waals surface area contributed by atoms with Crippen molar-refractivity contribution >= 4 is 11.3 Å². The SMILES string of the molecule is O=c1[nH]c(-c2cnccn2)c(-c2ccco2)c(-c2cccs2)c1-c1ncccn1. The van der Waals surface area contributed by atoms with Gasteiger partial charge in [-0.1, -0.05) is 6.07 Å². The average molecular weight is 399 g/mol. The van der Waals surface area contributed by atoms with Crippen LogP contribution in [0.5, 0.6) is 0 Å². The van der Waals surface area contributed by atoms with Gasteiger partial charge in [-0.2, -0.15) is 0 Å². The van der Waals surface area contributed by atoms with Crippen molar-refractivity contribution in [1.29, 1.82) is 0 Å². The van der Waals surface area contributed by atoms with Gasteiger partial charge in [0.15, 0.2) is 5.82 Å². The Balaban J connectivity index is 1.95. The Morgan fingerprint density at radius 1 is 0.897 bits per heavy atom. The number of aromatic amines is 1. The number of hydrogen-bond donors (Lipinski definition) is 1. The molecule has 0 radical (unpaired) electrons. The Bertz CT molecular complexity index is 1300. The van der Waals surface area contributed by atoms with Gasteiger partial charge in [-0.25, -0.2) is 9.97 Å². The lowest BCUT2D eigenvalue weighted by Crippen LogP contribution is -2.15. The second kappa shape index (κ2) is 7.25. The van der Waals surface area contributed by atoms with Gasteiger partial charge in [0.2, 0.25) is 0 Å². The van der Waals surface area contributed by atoms with Crippen molar-refractivity contribution in [3.63, 3.8) is 0 Å². The lowest BCUT2D eigenvalue weighted by Gasteiger charge is -2.15. The molecule has 0 saturated heterocycles. The normalized spacial score (nSPS) is 10.9. The number of furan rings is 1. The lowest BCUT2D eigenvalue weighted by molar-refractivity contribution is 0.582. The molecule has 140 valence electrons. The molecule has 0 spiro atoms. The standard InChI is InChI=1S/C21H13N5O2S/c27-21-18(20-24-6-3-7-25-20)17(15-5-2-11-29-15)16(14-4-1-10-28-14)19(26-21)13-12-22-8-9-23-13/h1-12H,(H,26,27). The van der Waals surface area contributed by atoms with E-state index in [-0.39, 0.29) is 5.56 Å². The molecule has 8 heteroatoms. The van der Waals surface area contributed by atoms with E-state index in [0.717, 1.165) is 4.88 Å². The summed E-state index contributed by atoms with van der Waals surface area (Å²) in [7, 11) is 0. The lowest BCUT2D eigenvalue weighted by atomic mass is 9.95. The van der Waals surface area contributed by atoms with Gasteiger partial charge in [0.05, 0.1) is 29.3 Å². The molecule has 5 aromatic heterocycles. The van der Waals surface area contributed by atoms with Crippen molar-refractivity contribution in [2.75, 3.05) is 0 Å². The summed E-state index contributed by atoms with van der Waals surface area (Å²) in [5, 5.41) is 1.96. The maximum atomic E-state index is 13.2. The quantitative estimate of drug-likeness (QED) is 0.484. The summed E-state index contributed by atoms with van der Waals surface area (Å²) in [5.74, 6) is 0.943. The smallest absolute Gasteiger partial charge is 0.260 e. The highest BCUT2D eigenvalue weighted by Crippen LogP contribution is 2.43. The number of aromatic nitrogens is 5. The summed E-state index contributed by atoms with van der Waals surface area (Å²) in [6.45, 7) is 0. The minimum atomic E-state index is -0.310. The van der Waals surface area contributed by atoms with Gasteiger partial charge in [-0.05, 0) is 29.6 Å². The highest BCUT2D eigenvalue weighted by molar-refractivity contribution is 7.13. The molecule has 29 heavy (non-hydrogen) atoms. The van der Waals surface area contributed by atoms with Gasteiger partial charge in [0.1, 0.15) is 11.5 Å². The Hall–Kier alpha value is -3.91. The van der Waals surface area contributed by atoms with E-state index in [2.05, 4.69) is 24.9 Å². The molecule has 0 aliphatic rings. The molecule has 0 bridgehead atoms. The van der Waals surface area contributed by atoms with E-state index < -0.39 is 0 Å². The number of hydrogen-bond acceptors (Lipinski definition) is 7. The highest BCUT2D eigenvalue weighted by atomic mass is 32.1. The van der Waals surface area contributed by atoms with E-state index in [1.54, 1.807) is 49.4 Å². The van der Waals surface area contributed by atoms with Gasteiger partial charge in [-0.15, -0.1) is 11.3 Å². The molecule has 5 aromatic rings. The molecular formula is C21H13N5O2S. The summed E-state index contributed by atoms with van der Waals surface area (Å²) in [6, 6.07) is 9.26. The molecule has 0 fully saturated rings. The van der Waals surface area contributed by atoms with Crippen molar-refractivity contribution in [3.05, 3.63) is 83.3 Å². The third-order valence-corrected chi connectivity index (χ3v) is 5.25. The zero-order valence-corrected chi connectivity index (χ0v) is 15.8. The second-order valence-corrected chi connectivity index (χ2v) is 7.02. The molecule has 5 heterocycles. The summed E-state index contributed by atoms with van der Waals surface area (Å²) in [5.41, 5.74) is 2.55. The molecule has 0 amide bonds. The number of nitrogens with one attached hydrogen (secondary N) is 1. The van der Waals surface area contributed by atoms with E-state index in [1.165, 1.54) is 11.3 Å². The van der Waals surface area contributed by atoms with Crippen LogP contribution in [0.15, 0.2) is 82.2 Å². The highest BCUT2D eigenvalue weighted by Gasteiger charge is 2.26. The first-order valence-corrected chi connectivity index (χ1v) is 9.62. The largest absolute Gasteiger partial charge is 0.464 e. The first-order valence-electron chi connectivity index (χ1n) is 8.74. The van der Waals surface area contributed by atoms with Crippen molar-refractivity contribution in [2.24, 2.45) is 0 Å². The van der Waals surface area contributed by atoms with Crippen LogP contribution in [-0.2, 0) is 0 Å². The number of nitrogens with zero attached hydrogens (tertiary/aromatic N) is 4. The molecule has 7 nitrogen and oxygen atoms in total. The van der Waals surface area contributed by atoms with Crippen molar-refractivity contribution in [3.8, 4) is 44.5 Å². The van der Waals surface area contributed by atoms with Crippen LogP contribution in [0, 0.1) is 0 Å². The van der Waals surface area contributed by atoms with Crippen LogP contribution in [0.25, 0.3) is 44.5 Å². The Morgan fingerprint density at radius 3 is 2.48 bits per heavy atom. The predicted octanol–water partition coefficient (Wildman–Crippen LogP) is 4.28. The van der Waals surface area contributed by atoms with Gasteiger partial charge in [-0.3, -0.25) is 14.8 Å². The van der Waals surface area contributed by atoms with Crippen LogP contribution < -0.4 is 5.56 Å². The zero-order valence-electron chi connectivity index (χ0n) is 14.9. The Morgan fingerprint density at radius 2 is 1.79 bits per heavy atom. The van der Waals surface area contributed by atoms with Crippen molar-refractivity contribution < 1.29 is 4.42 Å². The number of rotatable bonds is 4. The second-order valence-electron chi connectivity index (χ2n) is 6.07. The Kier molecular flexibility index (Phi) is 4.30. The maximum Gasteiger partial charge on any atom is 0.260 e. The third kappa shape index (κ3) is 3.05. The summed E-state index contributed by atoms with van der Waals surface area (Å²) < 4.78 is 5.74. The molecular weight excluding hydrogens is 386 g/mol. The van der Waals surface area contributed by atoms with Crippen LogP contribution in [-0.4, -0.2) is 24.9 Å². The average Bonchev–Trinajstić information content (AvgIpc) is 3.48. The molecule has 0 unspecified atom stereocenters. The first-order chi connectivity index (χ1) is 14.3.